The molecule has 0 atom stereocenters. The largest absolute Gasteiger partial charge is 0.310 e. The number of hydrogen-bond donors (Lipinski definition) is 1. The van der Waals surface area contributed by atoms with Crippen LogP contribution in [0.4, 0.5) is 0 Å². The summed E-state index contributed by atoms with van der Waals surface area (Å²) in [6.07, 6.45) is 5.74. The molecule has 3 heterocycles. The predicted molar refractivity (Wildman–Crippen MR) is 41.5 cm³/mol. The standard InChI is InChI=1S/C8H10N2O/c11-8-6-3-1-2-4-7(10-8)9-5-6/h5H,1-4H2,(H,9,10,11). The van der Waals surface area contributed by atoms with Crippen molar-refractivity contribution in [3.05, 3.63) is 27.9 Å². The van der Waals surface area contributed by atoms with Gasteiger partial charge in [0.2, 0.25) is 0 Å². The van der Waals surface area contributed by atoms with Crippen LogP contribution in [0, 0.1) is 0 Å². The number of nitrogens with zero attached hydrogens (tertiary/aromatic N) is 1. The number of aromatic amines is 1. The van der Waals surface area contributed by atoms with Crippen molar-refractivity contribution in [2.24, 2.45) is 0 Å². The Labute approximate surface area is 64.5 Å². The van der Waals surface area contributed by atoms with Crippen LogP contribution in [0.3, 0.4) is 0 Å². The van der Waals surface area contributed by atoms with Gasteiger partial charge in [-0.3, -0.25) is 4.79 Å². The van der Waals surface area contributed by atoms with E-state index < -0.39 is 0 Å². The molecule has 58 valence electrons. The molecule has 2 bridgehead atoms. The molecule has 1 aromatic heterocycles. The first kappa shape index (κ1) is 6.58. The molecule has 3 nitrogen and oxygen atoms in total. The highest BCUT2D eigenvalue weighted by Gasteiger charge is 2.06. The molecule has 11 heavy (non-hydrogen) atoms. The molecular formula is C8H10N2O. The van der Waals surface area contributed by atoms with Crippen molar-refractivity contribution in [3.8, 4) is 0 Å². The summed E-state index contributed by atoms with van der Waals surface area (Å²) in [5, 5.41) is 0. The summed E-state index contributed by atoms with van der Waals surface area (Å²) in [5.41, 5.74) is 0.878. The van der Waals surface area contributed by atoms with E-state index in [-0.39, 0.29) is 5.56 Å². The SMILES string of the molecule is O=c1[nH]c2ncc1CCCC2. The third-order valence-corrected chi connectivity index (χ3v) is 2.04. The maximum atomic E-state index is 11.2. The minimum atomic E-state index is 0.0506. The van der Waals surface area contributed by atoms with Crippen LogP contribution in [0.25, 0.3) is 0 Å². The van der Waals surface area contributed by atoms with Crippen molar-refractivity contribution in [3.63, 3.8) is 0 Å². The Kier molecular flexibility index (Phi) is 1.49. The van der Waals surface area contributed by atoms with Crippen LogP contribution in [0.1, 0.15) is 24.2 Å². The monoisotopic (exact) mass is 150 g/mol. The number of H-pyrrole nitrogens is 1. The Hall–Kier alpha value is -1.12. The molecular weight excluding hydrogens is 140 g/mol. The van der Waals surface area contributed by atoms with E-state index in [0.717, 1.165) is 37.1 Å². The van der Waals surface area contributed by atoms with E-state index in [1.807, 2.05) is 0 Å². The van der Waals surface area contributed by atoms with Gasteiger partial charge in [-0.2, -0.15) is 0 Å². The maximum absolute atomic E-state index is 11.2. The second-order valence-electron chi connectivity index (χ2n) is 2.89. The summed E-state index contributed by atoms with van der Waals surface area (Å²) in [7, 11) is 0. The molecule has 0 saturated heterocycles. The van der Waals surface area contributed by atoms with Gasteiger partial charge in [-0.05, 0) is 19.3 Å². The molecule has 1 aromatic rings. The smallest absolute Gasteiger partial charge is 0.254 e. The Balaban J connectivity index is 2.57. The first-order valence-corrected chi connectivity index (χ1v) is 3.93. The van der Waals surface area contributed by atoms with Gasteiger partial charge in [0.15, 0.2) is 0 Å². The third-order valence-electron chi connectivity index (χ3n) is 2.04. The van der Waals surface area contributed by atoms with Crippen LogP contribution in [0.2, 0.25) is 0 Å². The van der Waals surface area contributed by atoms with Gasteiger partial charge in [-0.25, -0.2) is 4.98 Å². The zero-order chi connectivity index (χ0) is 7.68. The van der Waals surface area contributed by atoms with Crippen molar-refractivity contribution in [2.75, 3.05) is 0 Å². The zero-order valence-corrected chi connectivity index (χ0v) is 6.26. The van der Waals surface area contributed by atoms with E-state index in [4.69, 9.17) is 0 Å². The van der Waals surface area contributed by atoms with Crippen LogP contribution < -0.4 is 5.56 Å². The molecule has 0 radical (unpaired) electrons. The molecule has 0 aromatic carbocycles. The first-order valence-electron chi connectivity index (χ1n) is 3.93. The number of rotatable bonds is 0. The summed E-state index contributed by atoms with van der Waals surface area (Å²) in [5.74, 6) is 0.832. The molecule has 2 aliphatic rings. The summed E-state index contributed by atoms with van der Waals surface area (Å²) >= 11 is 0. The van der Waals surface area contributed by atoms with Gasteiger partial charge in [-0.15, -0.1) is 0 Å². The number of nitrogens with one attached hydrogen (secondary N) is 1. The fourth-order valence-corrected chi connectivity index (χ4v) is 1.37. The van der Waals surface area contributed by atoms with Gasteiger partial charge in [0.1, 0.15) is 5.82 Å². The molecule has 2 aliphatic heterocycles. The molecule has 0 unspecified atom stereocenters. The lowest BCUT2D eigenvalue weighted by molar-refractivity contribution is 0.669. The van der Waals surface area contributed by atoms with Crippen LogP contribution in [0.15, 0.2) is 11.0 Å². The molecule has 0 amide bonds. The van der Waals surface area contributed by atoms with E-state index in [1.54, 1.807) is 6.20 Å². The quantitative estimate of drug-likeness (QED) is 0.590. The van der Waals surface area contributed by atoms with Crippen molar-refractivity contribution in [1.29, 1.82) is 0 Å². The van der Waals surface area contributed by atoms with E-state index in [1.165, 1.54) is 0 Å². The van der Waals surface area contributed by atoms with E-state index in [2.05, 4.69) is 9.97 Å². The Morgan fingerprint density at radius 1 is 1.36 bits per heavy atom. The van der Waals surface area contributed by atoms with Crippen molar-refractivity contribution in [2.45, 2.75) is 25.7 Å². The number of hydrogen-bond acceptors (Lipinski definition) is 2. The fraction of sp³-hybridized carbons (Fsp3) is 0.500. The molecule has 0 saturated carbocycles. The van der Waals surface area contributed by atoms with Crippen LogP contribution in [0.5, 0.6) is 0 Å². The predicted octanol–water partition coefficient (Wildman–Crippen LogP) is 0.649. The normalized spacial score (nSPS) is 16.0. The Bertz CT molecular complexity index is 316. The Morgan fingerprint density at radius 2 is 2.18 bits per heavy atom. The number of aryl methyl sites for hydroxylation is 2. The van der Waals surface area contributed by atoms with Crippen molar-refractivity contribution in [1.82, 2.24) is 9.97 Å². The van der Waals surface area contributed by atoms with Crippen molar-refractivity contribution >= 4 is 0 Å². The minimum absolute atomic E-state index is 0.0506. The van der Waals surface area contributed by atoms with E-state index in [9.17, 15) is 4.79 Å². The lowest BCUT2D eigenvalue weighted by atomic mass is 10.1. The van der Waals surface area contributed by atoms with E-state index >= 15 is 0 Å². The van der Waals surface area contributed by atoms with Gasteiger partial charge >= 0.3 is 0 Å². The van der Waals surface area contributed by atoms with Crippen LogP contribution >= 0.6 is 0 Å². The van der Waals surface area contributed by atoms with Crippen LogP contribution in [-0.2, 0) is 12.8 Å². The van der Waals surface area contributed by atoms with Gasteiger partial charge in [0, 0.05) is 18.2 Å². The summed E-state index contributed by atoms with van der Waals surface area (Å²) in [6.45, 7) is 0. The highest BCUT2D eigenvalue weighted by Crippen LogP contribution is 2.06. The number of aromatic nitrogens is 2. The summed E-state index contributed by atoms with van der Waals surface area (Å²) < 4.78 is 0. The molecule has 3 rings (SSSR count). The third kappa shape index (κ3) is 1.18. The Morgan fingerprint density at radius 3 is 3.00 bits per heavy atom. The van der Waals surface area contributed by atoms with Gasteiger partial charge < -0.3 is 4.98 Å². The molecule has 1 N–H and O–H groups in total. The average Bonchev–Trinajstić information content (AvgIpc) is 1.92. The fourth-order valence-electron chi connectivity index (χ4n) is 1.37. The topological polar surface area (TPSA) is 45.8 Å². The summed E-state index contributed by atoms with van der Waals surface area (Å²) in [4.78, 5) is 18.1. The van der Waals surface area contributed by atoms with Crippen molar-refractivity contribution < 1.29 is 0 Å². The van der Waals surface area contributed by atoms with Gasteiger partial charge in [-0.1, -0.05) is 0 Å². The van der Waals surface area contributed by atoms with Crippen LogP contribution in [-0.4, -0.2) is 9.97 Å². The van der Waals surface area contributed by atoms with Gasteiger partial charge in [0.25, 0.3) is 5.56 Å². The molecule has 0 fully saturated rings. The second kappa shape index (κ2) is 2.49. The zero-order valence-electron chi connectivity index (χ0n) is 6.26. The highest BCUT2D eigenvalue weighted by molar-refractivity contribution is 5.07. The summed E-state index contributed by atoms with van der Waals surface area (Å²) in [6, 6.07) is 0. The maximum Gasteiger partial charge on any atom is 0.254 e. The molecule has 0 aliphatic carbocycles. The lowest BCUT2D eigenvalue weighted by Crippen LogP contribution is -2.18. The lowest BCUT2D eigenvalue weighted by Gasteiger charge is -2.06. The average molecular weight is 150 g/mol. The highest BCUT2D eigenvalue weighted by atomic mass is 16.1. The second-order valence-corrected chi connectivity index (χ2v) is 2.89. The molecule has 0 spiro atoms. The molecule has 3 heteroatoms. The van der Waals surface area contributed by atoms with Gasteiger partial charge in [0.05, 0.1) is 0 Å². The minimum Gasteiger partial charge on any atom is -0.310 e. The number of fused-ring (bicyclic) bond motifs is 5. The first-order chi connectivity index (χ1) is 5.36. The van der Waals surface area contributed by atoms with E-state index in [0.29, 0.717) is 0 Å².